The molecular formula is C22H20ClFN2O2. The average molecular weight is 399 g/mol. The Hall–Kier alpha value is -2.63. The van der Waals surface area contributed by atoms with Gasteiger partial charge in [0.2, 0.25) is 0 Å². The van der Waals surface area contributed by atoms with Crippen molar-refractivity contribution in [2.24, 2.45) is 0 Å². The van der Waals surface area contributed by atoms with Crippen LogP contribution in [0.5, 0.6) is 0 Å². The van der Waals surface area contributed by atoms with E-state index >= 15 is 0 Å². The second-order valence-corrected chi connectivity index (χ2v) is 7.22. The number of halogens is 2. The summed E-state index contributed by atoms with van der Waals surface area (Å²) in [5.74, 6) is -0.446. The van der Waals surface area contributed by atoms with E-state index in [1.807, 2.05) is 42.2 Å². The Morgan fingerprint density at radius 1 is 1.14 bits per heavy atom. The standard InChI is InChI=1S/C22H20ClFN2O2/c1-14-3-2-4-16-20(25-15-5-7-19(24)18(23)13-15)8-6-17(21(14)16)22(27)26-9-11-28-12-10-26/h2-8,13,25H,9-12H2,1H3. The summed E-state index contributed by atoms with van der Waals surface area (Å²) in [7, 11) is 0. The molecule has 0 saturated carbocycles. The molecule has 4 nitrogen and oxygen atoms in total. The van der Waals surface area contributed by atoms with Gasteiger partial charge in [-0.2, -0.15) is 0 Å². The summed E-state index contributed by atoms with van der Waals surface area (Å²) < 4.78 is 18.8. The Bertz CT molecular complexity index is 1050. The first-order valence-corrected chi connectivity index (χ1v) is 9.54. The first kappa shape index (κ1) is 18.7. The molecule has 0 aliphatic carbocycles. The summed E-state index contributed by atoms with van der Waals surface area (Å²) in [5, 5.41) is 5.20. The molecule has 0 aromatic heterocycles. The molecule has 1 N–H and O–H groups in total. The highest BCUT2D eigenvalue weighted by Crippen LogP contribution is 2.33. The van der Waals surface area contributed by atoms with Gasteiger partial charge in [0.05, 0.1) is 18.2 Å². The molecule has 0 radical (unpaired) electrons. The zero-order valence-corrected chi connectivity index (χ0v) is 16.2. The van der Waals surface area contributed by atoms with E-state index in [4.69, 9.17) is 16.3 Å². The summed E-state index contributed by atoms with van der Waals surface area (Å²) in [6.07, 6.45) is 0. The minimum absolute atomic E-state index is 0.0129. The number of nitrogens with zero attached hydrogens (tertiary/aromatic N) is 1. The zero-order chi connectivity index (χ0) is 19.7. The van der Waals surface area contributed by atoms with Crippen LogP contribution >= 0.6 is 11.6 Å². The lowest BCUT2D eigenvalue weighted by atomic mass is 9.97. The van der Waals surface area contributed by atoms with Gasteiger partial charge in [-0.25, -0.2) is 4.39 Å². The Kier molecular flexibility index (Phi) is 5.20. The van der Waals surface area contributed by atoms with Crippen LogP contribution in [0.15, 0.2) is 48.5 Å². The quantitative estimate of drug-likeness (QED) is 0.662. The highest BCUT2D eigenvalue weighted by molar-refractivity contribution is 6.31. The van der Waals surface area contributed by atoms with E-state index in [1.165, 1.54) is 6.07 Å². The van der Waals surface area contributed by atoms with E-state index in [2.05, 4.69) is 5.32 Å². The highest BCUT2D eigenvalue weighted by atomic mass is 35.5. The Morgan fingerprint density at radius 3 is 2.68 bits per heavy atom. The van der Waals surface area contributed by atoms with Gasteiger partial charge in [0.1, 0.15) is 5.82 Å². The molecule has 1 fully saturated rings. The fraction of sp³-hybridized carbons (Fsp3) is 0.227. The molecule has 144 valence electrons. The number of carbonyl (C=O) groups excluding carboxylic acids is 1. The number of hydrogen-bond acceptors (Lipinski definition) is 3. The number of aryl methyl sites for hydroxylation is 1. The number of benzene rings is 3. The van der Waals surface area contributed by atoms with Crippen molar-refractivity contribution < 1.29 is 13.9 Å². The molecule has 3 aromatic rings. The van der Waals surface area contributed by atoms with E-state index in [-0.39, 0.29) is 10.9 Å². The topological polar surface area (TPSA) is 41.6 Å². The molecule has 1 aliphatic heterocycles. The molecule has 0 atom stereocenters. The number of rotatable bonds is 3. The molecule has 1 amide bonds. The Morgan fingerprint density at radius 2 is 1.93 bits per heavy atom. The van der Waals surface area contributed by atoms with Gasteiger partial charge in [0, 0.05) is 35.4 Å². The van der Waals surface area contributed by atoms with Gasteiger partial charge in [-0.3, -0.25) is 4.79 Å². The largest absolute Gasteiger partial charge is 0.378 e. The second kappa shape index (κ2) is 7.78. The zero-order valence-electron chi connectivity index (χ0n) is 15.5. The molecule has 0 unspecified atom stereocenters. The van der Waals surface area contributed by atoms with Crippen molar-refractivity contribution in [1.29, 1.82) is 0 Å². The predicted molar refractivity (Wildman–Crippen MR) is 110 cm³/mol. The van der Waals surface area contributed by atoms with Crippen LogP contribution in [0.4, 0.5) is 15.8 Å². The van der Waals surface area contributed by atoms with E-state index in [0.717, 1.165) is 22.0 Å². The van der Waals surface area contributed by atoms with Crippen LogP contribution in [0.25, 0.3) is 10.8 Å². The maximum absolute atomic E-state index is 13.5. The number of fused-ring (bicyclic) bond motifs is 1. The number of hydrogen-bond donors (Lipinski definition) is 1. The molecule has 3 aromatic carbocycles. The van der Waals surface area contributed by atoms with Crippen molar-refractivity contribution >= 4 is 39.7 Å². The minimum atomic E-state index is -0.459. The number of ether oxygens (including phenoxy) is 1. The van der Waals surface area contributed by atoms with Crippen LogP contribution in [0.1, 0.15) is 15.9 Å². The van der Waals surface area contributed by atoms with Crippen LogP contribution in [0.3, 0.4) is 0 Å². The maximum atomic E-state index is 13.5. The number of nitrogens with one attached hydrogen (secondary N) is 1. The van der Waals surface area contributed by atoms with Crippen molar-refractivity contribution in [2.45, 2.75) is 6.92 Å². The number of amides is 1. The summed E-state index contributed by atoms with van der Waals surface area (Å²) >= 11 is 5.90. The maximum Gasteiger partial charge on any atom is 0.254 e. The molecule has 6 heteroatoms. The summed E-state index contributed by atoms with van der Waals surface area (Å²) in [5.41, 5.74) is 3.22. The summed E-state index contributed by atoms with van der Waals surface area (Å²) in [6.45, 7) is 4.32. The third kappa shape index (κ3) is 3.55. The fourth-order valence-corrected chi connectivity index (χ4v) is 3.72. The summed E-state index contributed by atoms with van der Waals surface area (Å²) in [6, 6.07) is 14.2. The number of carbonyl (C=O) groups is 1. The lowest BCUT2D eigenvalue weighted by Crippen LogP contribution is -2.40. The Labute approximate surface area is 167 Å². The van der Waals surface area contributed by atoms with Gasteiger partial charge in [0.15, 0.2) is 0 Å². The van der Waals surface area contributed by atoms with Gasteiger partial charge in [-0.05, 0) is 48.2 Å². The minimum Gasteiger partial charge on any atom is -0.378 e. The second-order valence-electron chi connectivity index (χ2n) is 6.82. The van der Waals surface area contributed by atoms with Crippen LogP contribution in [0.2, 0.25) is 5.02 Å². The average Bonchev–Trinajstić information content (AvgIpc) is 2.71. The van der Waals surface area contributed by atoms with Gasteiger partial charge in [-0.15, -0.1) is 0 Å². The molecule has 0 spiro atoms. The van der Waals surface area contributed by atoms with Crippen LogP contribution in [0, 0.1) is 12.7 Å². The van der Waals surface area contributed by atoms with Crippen molar-refractivity contribution in [3.63, 3.8) is 0 Å². The van der Waals surface area contributed by atoms with E-state index < -0.39 is 5.82 Å². The van der Waals surface area contributed by atoms with E-state index in [0.29, 0.717) is 37.6 Å². The molecule has 0 bridgehead atoms. The highest BCUT2D eigenvalue weighted by Gasteiger charge is 2.22. The first-order valence-electron chi connectivity index (χ1n) is 9.16. The molecule has 1 aliphatic rings. The van der Waals surface area contributed by atoms with Crippen LogP contribution in [-0.2, 0) is 4.74 Å². The van der Waals surface area contributed by atoms with Gasteiger partial charge >= 0.3 is 0 Å². The number of morpholine rings is 1. The van der Waals surface area contributed by atoms with Crippen LogP contribution in [-0.4, -0.2) is 37.1 Å². The molecule has 1 heterocycles. The van der Waals surface area contributed by atoms with Gasteiger partial charge in [0.25, 0.3) is 5.91 Å². The monoisotopic (exact) mass is 398 g/mol. The molecule has 28 heavy (non-hydrogen) atoms. The predicted octanol–water partition coefficient (Wildman–Crippen LogP) is 5.16. The normalized spacial score (nSPS) is 14.3. The lowest BCUT2D eigenvalue weighted by Gasteiger charge is -2.27. The van der Waals surface area contributed by atoms with Crippen molar-refractivity contribution in [3.05, 3.63) is 70.5 Å². The van der Waals surface area contributed by atoms with Crippen molar-refractivity contribution in [2.75, 3.05) is 31.6 Å². The summed E-state index contributed by atoms with van der Waals surface area (Å²) in [4.78, 5) is 14.9. The molecule has 1 saturated heterocycles. The Balaban J connectivity index is 1.76. The first-order chi connectivity index (χ1) is 13.5. The number of anilines is 2. The molecule has 4 rings (SSSR count). The smallest absolute Gasteiger partial charge is 0.254 e. The van der Waals surface area contributed by atoms with Crippen molar-refractivity contribution in [3.8, 4) is 0 Å². The fourth-order valence-electron chi connectivity index (χ4n) is 3.54. The lowest BCUT2D eigenvalue weighted by molar-refractivity contribution is 0.0304. The molecular weight excluding hydrogens is 379 g/mol. The van der Waals surface area contributed by atoms with E-state index in [1.54, 1.807) is 12.1 Å². The van der Waals surface area contributed by atoms with Gasteiger partial charge in [-0.1, -0.05) is 29.8 Å². The van der Waals surface area contributed by atoms with Gasteiger partial charge < -0.3 is 15.0 Å². The van der Waals surface area contributed by atoms with E-state index in [9.17, 15) is 9.18 Å². The third-order valence-electron chi connectivity index (χ3n) is 4.98. The SMILES string of the molecule is Cc1cccc2c(Nc3ccc(F)c(Cl)c3)ccc(C(=O)N3CCOCC3)c12. The third-order valence-corrected chi connectivity index (χ3v) is 5.27. The van der Waals surface area contributed by atoms with Crippen molar-refractivity contribution in [1.82, 2.24) is 4.90 Å². The van der Waals surface area contributed by atoms with Crippen LogP contribution < -0.4 is 5.32 Å².